The number of hydrogen-bond donors (Lipinski definition) is 1. The number of benzene rings is 2. The molecule has 174 valence electrons. The molecule has 0 bridgehead atoms. The third-order valence-electron chi connectivity index (χ3n) is 6.57. The van der Waals surface area contributed by atoms with Crippen molar-refractivity contribution < 1.29 is 18.4 Å². The van der Waals surface area contributed by atoms with Crippen molar-refractivity contribution >= 4 is 34.7 Å². The van der Waals surface area contributed by atoms with E-state index in [1.54, 1.807) is 35.4 Å². The van der Waals surface area contributed by atoms with Crippen molar-refractivity contribution in [1.82, 2.24) is 0 Å². The summed E-state index contributed by atoms with van der Waals surface area (Å²) < 4.78 is 11.1. The van der Waals surface area contributed by atoms with E-state index in [1.807, 2.05) is 48.5 Å². The van der Waals surface area contributed by atoms with Crippen LogP contribution < -0.4 is 10.2 Å². The molecule has 1 aliphatic carbocycles. The summed E-state index contributed by atoms with van der Waals surface area (Å²) >= 11 is 6.19. The highest BCUT2D eigenvalue weighted by Crippen LogP contribution is 2.48. The number of halogens is 1. The number of ketones is 1. The number of nitrogens with one attached hydrogen (secondary N) is 1. The average Bonchev–Trinajstić information content (AvgIpc) is 3.57. The Balaban J connectivity index is 1.58. The standard InChI is InChI=1S/C28H21ClN2O4/c29-19-11-9-17(10-12-19)27-26-21(15-18(16-23(26)32)24-7-3-13-34-24)30-20-5-1-2-6-22(20)31(27)28(33)25-8-4-14-35-25/h1-14,18,27,30H,15-16H2. The maximum absolute atomic E-state index is 13.9. The number of anilines is 2. The van der Waals surface area contributed by atoms with E-state index in [9.17, 15) is 9.59 Å². The Morgan fingerprint density at radius 2 is 1.69 bits per heavy atom. The van der Waals surface area contributed by atoms with Crippen LogP contribution in [0.2, 0.25) is 5.02 Å². The van der Waals surface area contributed by atoms with Gasteiger partial charge in [-0.15, -0.1) is 0 Å². The Kier molecular flexibility index (Phi) is 5.30. The molecule has 0 spiro atoms. The number of fused-ring (bicyclic) bond motifs is 1. The van der Waals surface area contributed by atoms with E-state index in [2.05, 4.69) is 5.32 Å². The van der Waals surface area contributed by atoms with Crippen molar-refractivity contribution in [1.29, 1.82) is 0 Å². The fourth-order valence-electron chi connectivity index (χ4n) is 5.02. The lowest BCUT2D eigenvalue weighted by Crippen LogP contribution is -2.38. The highest BCUT2D eigenvalue weighted by molar-refractivity contribution is 6.30. The largest absolute Gasteiger partial charge is 0.469 e. The predicted octanol–water partition coefficient (Wildman–Crippen LogP) is 6.74. The highest BCUT2D eigenvalue weighted by Gasteiger charge is 2.42. The van der Waals surface area contributed by atoms with E-state index >= 15 is 0 Å². The smallest absolute Gasteiger partial charge is 0.294 e. The lowest BCUT2D eigenvalue weighted by atomic mass is 9.80. The van der Waals surface area contributed by atoms with Crippen LogP contribution in [0.5, 0.6) is 0 Å². The van der Waals surface area contributed by atoms with Crippen LogP contribution in [-0.2, 0) is 4.79 Å². The molecular weight excluding hydrogens is 464 g/mol. The van der Waals surface area contributed by atoms with Crippen LogP contribution in [0.3, 0.4) is 0 Å². The molecule has 0 saturated carbocycles. The molecule has 1 amide bonds. The number of nitrogens with zero attached hydrogens (tertiary/aromatic N) is 1. The quantitative estimate of drug-likeness (QED) is 0.348. The zero-order chi connectivity index (χ0) is 23.9. The summed E-state index contributed by atoms with van der Waals surface area (Å²) in [4.78, 5) is 29.4. The molecule has 3 heterocycles. The van der Waals surface area contributed by atoms with Crippen molar-refractivity contribution in [2.24, 2.45) is 0 Å². The average molecular weight is 485 g/mol. The van der Waals surface area contributed by atoms with Crippen LogP contribution in [-0.4, -0.2) is 11.7 Å². The van der Waals surface area contributed by atoms with E-state index in [-0.39, 0.29) is 29.8 Å². The Morgan fingerprint density at radius 1 is 0.914 bits per heavy atom. The number of hydrogen-bond acceptors (Lipinski definition) is 5. The molecule has 2 aliphatic rings. The van der Waals surface area contributed by atoms with Gasteiger partial charge in [0.25, 0.3) is 5.91 Å². The van der Waals surface area contributed by atoms with Crippen LogP contribution in [0.4, 0.5) is 11.4 Å². The van der Waals surface area contributed by atoms with Gasteiger partial charge >= 0.3 is 0 Å². The number of furan rings is 2. The lowest BCUT2D eigenvalue weighted by molar-refractivity contribution is -0.116. The zero-order valence-electron chi connectivity index (χ0n) is 18.6. The molecule has 2 aromatic heterocycles. The summed E-state index contributed by atoms with van der Waals surface area (Å²) in [6.45, 7) is 0. The minimum Gasteiger partial charge on any atom is -0.469 e. The van der Waals surface area contributed by atoms with Gasteiger partial charge in [0.05, 0.1) is 29.9 Å². The number of allylic oxidation sites excluding steroid dienone is 1. The monoisotopic (exact) mass is 484 g/mol. The summed E-state index contributed by atoms with van der Waals surface area (Å²) in [6.07, 6.45) is 3.96. The van der Waals surface area contributed by atoms with Gasteiger partial charge < -0.3 is 14.2 Å². The molecule has 2 aromatic carbocycles. The van der Waals surface area contributed by atoms with Crippen molar-refractivity contribution in [2.75, 3.05) is 10.2 Å². The molecule has 0 radical (unpaired) electrons. The van der Waals surface area contributed by atoms with Crippen molar-refractivity contribution in [2.45, 2.75) is 24.8 Å². The molecule has 2 unspecified atom stereocenters. The molecule has 1 N–H and O–H groups in total. The fourth-order valence-corrected chi connectivity index (χ4v) is 5.14. The van der Waals surface area contributed by atoms with Gasteiger partial charge in [-0.2, -0.15) is 0 Å². The van der Waals surface area contributed by atoms with Crippen molar-refractivity contribution in [3.63, 3.8) is 0 Å². The first-order chi connectivity index (χ1) is 17.1. The summed E-state index contributed by atoms with van der Waals surface area (Å²) in [5.41, 5.74) is 3.52. The van der Waals surface area contributed by atoms with Gasteiger partial charge in [0.2, 0.25) is 0 Å². The van der Waals surface area contributed by atoms with Gasteiger partial charge in [-0.1, -0.05) is 35.9 Å². The Bertz CT molecular complexity index is 1420. The van der Waals surface area contributed by atoms with Crippen molar-refractivity contribution in [3.8, 4) is 0 Å². The summed E-state index contributed by atoms with van der Waals surface area (Å²) in [6, 6.07) is 21.2. The second kappa shape index (κ2) is 8.64. The number of para-hydroxylation sites is 2. The molecular formula is C28H21ClN2O4. The van der Waals surface area contributed by atoms with Crippen LogP contribution in [0, 0.1) is 0 Å². The first kappa shape index (κ1) is 21.5. The Labute approximate surface area is 206 Å². The normalized spacial score (nSPS) is 19.6. The topological polar surface area (TPSA) is 75.7 Å². The third-order valence-corrected chi connectivity index (χ3v) is 6.82. The van der Waals surface area contributed by atoms with Gasteiger partial charge in [-0.3, -0.25) is 14.5 Å². The summed E-state index contributed by atoms with van der Waals surface area (Å²) in [5, 5.41) is 4.07. The molecule has 7 heteroatoms. The van der Waals surface area contributed by atoms with E-state index < -0.39 is 6.04 Å². The lowest BCUT2D eigenvalue weighted by Gasteiger charge is -2.34. The van der Waals surface area contributed by atoms with Gasteiger partial charge in [0, 0.05) is 28.6 Å². The van der Waals surface area contributed by atoms with E-state index in [0.29, 0.717) is 22.7 Å². The number of carbonyl (C=O) groups excluding carboxylic acids is 2. The van der Waals surface area contributed by atoms with Gasteiger partial charge in [0.1, 0.15) is 5.76 Å². The van der Waals surface area contributed by atoms with E-state index in [4.69, 9.17) is 20.4 Å². The molecule has 0 saturated heterocycles. The van der Waals surface area contributed by atoms with Crippen LogP contribution in [0.1, 0.15) is 46.7 Å². The Hall–Kier alpha value is -4.03. The molecule has 0 fully saturated rings. The predicted molar refractivity (Wildman–Crippen MR) is 132 cm³/mol. The summed E-state index contributed by atoms with van der Waals surface area (Å²) in [7, 11) is 0. The first-order valence-electron chi connectivity index (χ1n) is 11.4. The molecule has 6 nitrogen and oxygen atoms in total. The van der Waals surface area contributed by atoms with E-state index in [1.165, 1.54) is 6.26 Å². The molecule has 35 heavy (non-hydrogen) atoms. The van der Waals surface area contributed by atoms with Crippen molar-refractivity contribution in [3.05, 3.63) is 119 Å². The van der Waals surface area contributed by atoms with Crippen LogP contribution >= 0.6 is 11.6 Å². The highest BCUT2D eigenvalue weighted by atomic mass is 35.5. The number of carbonyl (C=O) groups is 2. The third kappa shape index (κ3) is 3.76. The second-order valence-electron chi connectivity index (χ2n) is 8.68. The molecule has 2 atom stereocenters. The van der Waals surface area contributed by atoms with Gasteiger partial charge in [-0.05, 0) is 60.5 Å². The zero-order valence-corrected chi connectivity index (χ0v) is 19.4. The SMILES string of the molecule is O=C1CC(c2ccco2)CC2=C1C(c1ccc(Cl)cc1)N(C(=O)c1ccco1)c1ccccc1N2. The number of amides is 1. The van der Waals surface area contributed by atoms with E-state index in [0.717, 1.165) is 22.7 Å². The maximum atomic E-state index is 13.9. The minimum absolute atomic E-state index is 0.0369. The minimum atomic E-state index is -0.666. The summed E-state index contributed by atoms with van der Waals surface area (Å²) in [5.74, 6) is 0.508. The Morgan fingerprint density at radius 3 is 2.43 bits per heavy atom. The first-order valence-corrected chi connectivity index (χ1v) is 11.8. The number of rotatable bonds is 3. The number of Topliss-reactive ketones (excluding diaryl/α,β-unsaturated/α-hetero) is 1. The fraction of sp³-hybridized carbons (Fsp3) is 0.143. The molecule has 4 aromatic rings. The molecule has 6 rings (SSSR count). The van der Waals surface area contributed by atoms with Gasteiger partial charge in [-0.25, -0.2) is 0 Å². The second-order valence-corrected chi connectivity index (χ2v) is 9.12. The molecule has 1 aliphatic heterocycles. The maximum Gasteiger partial charge on any atom is 0.294 e. The van der Waals surface area contributed by atoms with Crippen LogP contribution in [0.25, 0.3) is 0 Å². The van der Waals surface area contributed by atoms with Crippen LogP contribution in [0.15, 0.2) is 105 Å². The van der Waals surface area contributed by atoms with Gasteiger partial charge in [0.15, 0.2) is 11.5 Å².